The summed E-state index contributed by atoms with van der Waals surface area (Å²) in [5.74, 6) is 1.26. The van der Waals surface area contributed by atoms with Crippen LogP contribution in [0.3, 0.4) is 0 Å². The molecule has 0 aliphatic rings. The number of benzene rings is 2. The van der Waals surface area contributed by atoms with Gasteiger partial charge >= 0.3 is 0 Å². The summed E-state index contributed by atoms with van der Waals surface area (Å²) >= 11 is 0. The number of nitrogens with one attached hydrogen (secondary N) is 2. The zero-order chi connectivity index (χ0) is 23.7. The number of para-hydroxylation sites is 1. The summed E-state index contributed by atoms with van der Waals surface area (Å²) in [6.45, 7) is 4.05. The van der Waals surface area contributed by atoms with Crippen LogP contribution in [0, 0.1) is 0 Å². The Morgan fingerprint density at radius 1 is 1.03 bits per heavy atom. The average molecular weight is 469 g/mol. The second-order valence-corrected chi connectivity index (χ2v) is 9.84. The molecule has 0 amide bonds. The summed E-state index contributed by atoms with van der Waals surface area (Å²) in [7, 11) is -1.80. The Bertz CT molecular complexity index is 1150. The number of unbranched alkanes of at least 4 members (excludes halogenated alkanes) is 2. The van der Waals surface area contributed by atoms with Crippen LogP contribution in [-0.2, 0) is 15.8 Å². The van der Waals surface area contributed by atoms with Crippen LogP contribution in [-0.4, -0.2) is 31.5 Å². The second kappa shape index (κ2) is 11.8. The quantitative estimate of drug-likeness (QED) is 0.351. The molecule has 3 aromatic rings. The minimum absolute atomic E-state index is 0.0720. The number of hydrogen-bond donors (Lipinski definition) is 2. The highest BCUT2D eigenvalue weighted by atomic mass is 32.2. The van der Waals surface area contributed by atoms with E-state index in [0.717, 1.165) is 48.4 Å². The first kappa shape index (κ1) is 24.7. The zero-order valence-electron chi connectivity index (χ0n) is 19.4. The predicted molar refractivity (Wildman–Crippen MR) is 133 cm³/mol. The highest BCUT2D eigenvalue weighted by Crippen LogP contribution is 2.29. The van der Waals surface area contributed by atoms with Gasteiger partial charge in [0.15, 0.2) is 0 Å². The van der Waals surface area contributed by atoms with Gasteiger partial charge in [-0.25, -0.2) is 23.1 Å². The number of aromatic nitrogens is 2. The topological polar surface area (TPSA) is 93.2 Å². The minimum Gasteiger partial charge on any atom is -0.496 e. The Labute approximate surface area is 196 Å². The highest BCUT2D eigenvalue weighted by molar-refractivity contribution is 7.88. The van der Waals surface area contributed by atoms with Gasteiger partial charge in [0.05, 0.1) is 18.6 Å². The molecule has 0 aliphatic carbocycles. The van der Waals surface area contributed by atoms with Gasteiger partial charge in [-0.1, -0.05) is 50.5 Å². The number of hydrogen-bond acceptors (Lipinski definition) is 6. The first-order chi connectivity index (χ1) is 15.9. The van der Waals surface area contributed by atoms with Gasteiger partial charge in [0.25, 0.3) is 0 Å². The molecule has 176 valence electrons. The van der Waals surface area contributed by atoms with Gasteiger partial charge < -0.3 is 10.1 Å². The fourth-order valence-corrected chi connectivity index (χ4v) is 5.08. The Kier molecular flexibility index (Phi) is 8.79. The minimum atomic E-state index is -3.43. The maximum absolute atomic E-state index is 12.6. The van der Waals surface area contributed by atoms with Crippen molar-refractivity contribution in [1.29, 1.82) is 0 Å². The van der Waals surface area contributed by atoms with Crippen molar-refractivity contribution in [2.24, 2.45) is 0 Å². The summed E-state index contributed by atoms with van der Waals surface area (Å²) in [5, 5.41) is 3.25. The molecule has 8 heteroatoms. The molecule has 1 aromatic heterocycles. The van der Waals surface area contributed by atoms with Crippen molar-refractivity contribution in [2.75, 3.05) is 12.4 Å². The predicted octanol–water partition coefficient (Wildman–Crippen LogP) is 5.28. The van der Waals surface area contributed by atoms with Crippen LogP contribution < -0.4 is 14.8 Å². The molecule has 2 aromatic carbocycles. The maximum atomic E-state index is 12.6. The Morgan fingerprint density at radius 2 is 1.85 bits per heavy atom. The molecule has 0 bridgehead atoms. The lowest BCUT2D eigenvalue weighted by atomic mass is 10.1. The summed E-state index contributed by atoms with van der Waals surface area (Å²) in [6, 6.07) is 16.8. The van der Waals surface area contributed by atoms with Gasteiger partial charge in [0.2, 0.25) is 10.0 Å². The lowest BCUT2D eigenvalue weighted by Gasteiger charge is -2.14. The number of nitrogens with zero attached hydrogens (tertiary/aromatic N) is 2. The standard InChI is InChI=1S/C25H32N4O3S/c1-4-5-6-10-19(2)29-33(30,31)17-20-11-9-12-21(15-20)28-25-16-23(26-18-27-25)22-13-7-8-14-24(22)32-3/h7-9,11-16,18-19,29H,4-6,10,17H2,1-3H3,(H,26,27,28). The van der Waals surface area contributed by atoms with E-state index >= 15 is 0 Å². The third-order valence-corrected chi connectivity index (χ3v) is 6.70. The molecule has 1 heterocycles. The molecular formula is C25H32N4O3S. The summed E-state index contributed by atoms with van der Waals surface area (Å²) in [5.41, 5.74) is 3.05. The van der Waals surface area contributed by atoms with E-state index in [1.165, 1.54) is 6.33 Å². The lowest BCUT2D eigenvalue weighted by Crippen LogP contribution is -2.33. The fourth-order valence-electron chi connectivity index (χ4n) is 3.64. The zero-order valence-corrected chi connectivity index (χ0v) is 20.2. The highest BCUT2D eigenvalue weighted by Gasteiger charge is 2.15. The van der Waals surface area contributed by atoms with E-state index in [1.54, 1.807) is 7.11 Å². The van der Waals surface area contributed by atoms with E-state index in [2.05, 4.69) is 26.9 Å². The average Bonchev–Trinajstić information content (AvgIpc) is 2.79. The molecule has 0 saturated heterocycles. The lowest BCUT2D eigenvalue weighted by molar-refractivity contribution is 0.416. The van der Waals surface area contributed by atoms with E-state index in [4.69, 9.17) is 4.74 Å². The first-order valence-electron chi connectivity index (χ1n) is 11.2. The van der Waals surface area contributed by atoms with E-state index in [9.17, 15) is 8.42 Å². The Balaban J connectivity index is 1.69. The van der Waals surface area contributed by atoms with Crippen LogP contribution in [0.4, 0.5) is 11.5 Å². The van der Waals surface area contributed by atoms with Crippen LogP contribution in [0.25, 0.3) is 11.3 Å². The molecule has 33 heavy (non-hydrogen) atoms. The number of sulfonamides is 1. The smallest absolute Gasteiger partial charge is 0.216 e. The number of ether oxygens (including phenoxy) is 1. The van der Waals surface area contributed by atoms with E-state index in [-0.39, 0.29) is 11.8 Å². The molecular weight excluding hydrogens is 436 g/mol. The molecule has 0 fully saturated rings. The normalized spacial score (nSPS) is 12.3. The van der Waals surface area contributed by atoms with Gasteiger partial charge in [0, 0.05) is 23.4 Å². The Morgan fingerprint density at radius 3 is 2.64 bits per heavy atom. The largest absolute Gasteiger partial charge is 0.496 e. The van der Waals surface area contributed by atoms with Crippen LogP contribution in [0.15, 0.2) is 60.9 Å². The monoisotopic (exact) mass is 468 g/mol. The van der Waals surface area contributed by atoms with Crippen molar-refractivity contribution >= 4 is 21.5 Å². The van der Waals surface area contributed by atoms with E-state index in [1.807, 2.05) is 61.5 Å². The van der Waals surface area contributed by atoms with Crippen LogP contribution in [0.5, 0.6) is 5.75 Å². The molecule has 1 unspecified atom stereocenters. The first-order valence-corrected chi connectivity index (χ1v) is 12.9. The summed E-state index contributed by atoms with van der Waals surface area (Å²) in [4.78, 5) is 8.66. The molecule has 0 spiro atoms. The second-order valence-electron chi connectivity index (χ2n) is 8.09. The number of rotatable bonds is 12. The molecule has 0 aliphatic heterocycles. The van der Waals surface area contributed by atoms with Gasteiger partial charge in [-0.05, 0) is 43.2 Å². The van der Waals surface area contributed by atoms with Gasteiger partial charge in [-0.2, -0.15) is 0 Å². The molecule has 1 atom stereocenters. The molecule has 0 saturated carbocycles. The molecule has 7 nitrogen and oxygen atoms in total. The van der Waals surface area contributed by atoms with E-state index < -0.39 is 10.0 Å². The third-order valence-electron chi connectivity index (χ3n) is 5.23. The van der Waals surface area contributed by atoms with Crippen molar-refractivity contribution in [3.05, 3.63) is 66.5 Å². The third kappa shape index (κ3) is 7.54. The SMILES string of the molecule is CCCCCC(C)NS(=O)(=O)Cc1cccc(Nc2cc(-c3ccccc3OC)ncn2)c1. The van der Waals surface area contributed by atoms with Gasteiger partial charge in [-0.15, -0.1) is 0 Å². The maximum Gasteiger partial charge on any atom is 0.216 e. The van der Waals surface area contributed by atoms with Crippen molar-refractivity contribution in [3.63, 3.8) is 0 Å². The van der Waals surface area contributed by atoms with Crippen molar-refractivity contribution < 1.29 is 13.2 Å². The molecule has 2 N–H and O–H groups in total. The van der Waals surface area contributed by atoms with Crippen LogP contribution in [0.2, 0.25) is 0 Å². The summed E-state index contributed by atoms with van der Waals surface area (Å²) < 4.78 is 33.4. The van der Waals surface area contributed by atoms with Crippen molar-refractivity contribution in [2.45, 2.75) is 51.3 Å². The van der Waals surface area contributed by atoms with Gasteiger partial charge in [-0.3, -0.25) is 0 Å². The van der Waals surface area contributed by atoms with Gasteiger partial charge in [0.1, 0.15) is 17.9 Å². The van der Waals surface area contributed by atoms with Crippen molar-refractivity contribution in [1.82, 2.24) is 14.7 Å². The van der Waals surface area contributed by atoms with Crippen LogP contribution >= 0.6 is 0 Å². The number of methoxy groups -OCH3 is 1. The van der Waals surface area contributed by atoms with Crippen molar-refractivity contribution in [3.8, 4) is 17.0 Å². The number of anilines is 2. The Hall–Kier alpha value is -2.97. The van der Waals surface area contributed by atoms with Crippen LogP contribution in [0.1, 0.15) is 45.1 Å². The summed E-state index contributed by atoms with van der Waals surface area (Å²) in [6.07, 6.45) is 5.59. The molecule has 3 rings (SSSR count). The van der Waals surface area contributed by atoms with E-state index in [0.29, 0.717) is 11.4 Å². The fraction of sp³-hybridized carbons (Fsp3) is 0.360. The molecule has 0 radical (unpaired) electrons.